The van der Waals surface area contributed by atoms with Gasteiger partial charge < -0.3 is 19.2 Å². The van der Waals surface area contributed by atoms with E-state index < -0.39 is 0 Å². The first kappa shape index (κ1) is 29.1. The van der Waals surface area contributed by atoms with E-state index in [0.717, 1.165) is 71.5 Å². The smallest absolute Gasteiger partial charge is 0.236 e. The molecule has 4 aromatic rings. The molecular weight excluding hydrogens is 544 g/mol. The minimum absolute atomic E-state index is 0.302. The number of hydrogen-bond donors (Lipinski definition) is 1. The van der Waals surface area contributed by atoms with Crippen molar-refractivity contribution in [3.63, 3.8) is 0 Å². The van der Waals surface area contributed by atoms with Crippen LogP contribution in [-0.2, 0) is 23.1 Å². The van der Waals surface area contributed by atoms with Crippen LogP contribution in [0.3, 0.4) is 0 Å². The maximum absolute atomic E-state index is 12.7. The Morgan fingerprint density at radius 1 is 0.976 bits per heavy atom. The van der Waals surface area contributed by atoms with Gasteiger partial charge >= 0.3 is 0 Å². The Balaban J connectivity index is 1.22. The molecule has 0 unspecified atom stereocenters. The van der Waals surface area contributed by atoms with Crippen molar-refractivity contribution in [1.82, 2.24) is 29.9 Å². The SMILES string of the molecule is CCc1nnc(C(C)(C)c2cc3c(CCN4CCN(CC(=O)N5CCCC5)CC4)c(-c4cc(C)cc(C)c4)[nH]c3s2)o1. The van der Waals surface area contributed by atoms with Gasteiger partial charge in [0.05, 0.1) is 17.7 Å². The topological polar surface area (TPSA) is 81.5 Å². The quantitative estimate of drug-likeness (QED) is 0.276. The lowest BCUT2D eigenvalue weighted by Gasteiger charge is -2.35. The molecule has 2 aliphatic heterocycles. The molecule has 0 saturated carbocycles. The zero-order valence-corrected chi connectivity index (χ0v) is 26.6. The van der Waals surface area contributed by atoms with Crippen molar-refractivity contribution in [3.05, 3.63) is 57.6 Å². The molecule has 9 heteroatoms. The number of H-pyrrole nitrogens is 1. The number of nitrogens with zero attached hydrogens (tertiary/aromatic N) is 5. The van der Waals surface area contributed by atoms with Gasteiger partial charge in [0, 0.05) is 62.5 Å². The fourth-order valence-corrected chi connectivity index (χ4v) is 7.60. The number of carbonyl (C=O) groups excluding carboxylic acids is 1. The predicted molar refractivity (Wildman–Crippen MR) is 169 cm³/mol. The van der Waals surface area contributed by atoms with Crippen molar-refractivity contribution in [2.75, 3.05) is 52.4 Å². The number of piperazine rings is 1. The average Bonchev–Trinajstić information content (AvgIpc) is 3.76. The molecule has 1 N–H and O–H groups in total. The van der Waals surface area contributed by atoms with E-state index in [4.69, 9.17) is 4.42 Å². The molecule has 0 atom stereocenters. The van der Waals surface area contributed by atoms with E-state index in [1.807, 2.05) is 11.8 Å². The van der Waals surface area contributed by atoms with Gasteiger partial charge in [-0.15, -0.1) is 21.5 Å². The van der Waals surface area contributed by atoms with Gasteiger partial charge in [0.25, 0.3) is 0 Å². The Bertz CT molecular complexity index is 1530. The lowest BCUT2D eigenvalue weighted by Crippen LogP contribution is -2.50. The van der Waals surface area contributed by atoms with Crippen LogP contribution in [0.4, 0.5) is 0 Å². The first-order chi connectivity index (χ1) is 20.2. The lowest BCUT2D eigenvalue weighted by atomic mass is 9.90. The molecule has 8 nitrogen and oxygen atoms in total. The summed E-state index contributed by atoms with van der Waals surface area (Å²) < 4.78 is 6.00. The lowest BCUT2D eigenvalue weighted by molar-refractivity contribution is -0.131. The van der Waals surface area contributed by atoms with Crippen molar-refractivity contribution < 1.29 is 9.21 Å². The van der Waals surface area contributed by atoms with Gasteiger partial charge in [-0.2, -0.15) is 0 Å². The molecule has 42 heavy (non-hydrogen) atoms. The summed E-state index contributed by atoms with van der Waals surface area (Å²) in [5, 5.41) is 9.91. The molecule has 6 rings (SSSR count). The zero-order chi connectivity index (χ0) is 29.4. The second-order valence-electron chi connectivity index (χ2n) is 12.6. The fraction of sp³-hybridized carbons (Fsp3) is 0.545. The highest BCUT2D eigenvalue weighted by Gasteiger charge is 2.33. The van der Waals surface area contributed by atoms with Crippen LogP contribution in [0.1, 0.15) is 67.0 Å². The summed E-state index contributed by atoms with van der Waals surface area (Å²) in [7, 11) is 0. The number of nitrogens with one attached hydrogen (secondary N) is 1. The summed E-state index contributed by atoms with van der Waals surface area (Å²) in [4.78, 5) is 25.8. The van der Waals surface area contributed by atoms with Gasteiger partial charge in [0.2, 0.25) is 17.7 Å². The van der Waals surface area contributed by atoms with Gasteiger partial charge in [0.15, 0.2) is 0 Å². The third kappa shape index (κ3) is 5.92. The monoisotopic (exact) mass is 588 g/mol. The number of aryl methyl sites for hydroxylation is 3. The molecule has 1 amide bonds. The Labute approximate surface area is 253 Å². The number of benzene rings is 1. The van der Waals surface area contributed by atoms with Crippen LogP contribution in [0.2, 0.25) is 0 Å². The Morgan fingerprint density at radius 2 is 1.67 bits per heavy atom. The third-order valence-corrected chi connectivity index (χ3v) is 10.4. The molecule has 0 radical (unpaired) electrons. The normalized spacial score (nSPS) is 17.1. The number of hydrogen-bond acceptors (Lipinski definition) is 7. The molecule has 3 aromatic heterocycles. The van der Waals surface area contributed by atoms with E-state index in [1.54, 1.807) is 11.3 Å². The summed E-state index contributed by atoms with van der Waals surface area (Å²) in [6, 6.07) is 9.16. The summed E-state index contributed by atoms with van der Waals surface area (Å²) in [5.41, 5.74) is 6.04. The van der Waals surface area contributed by atoms with Gasteiger partial charge in [-0.3, -0.25) is 9.69 Å². The number of carbonyl (C=O) groups is 1. The van der Waals surface area contributed by atoms with Crippen LogP contribution in [0, 0.1) is 13.8 Å². The molecule has 2 fully saturated rings. The molecule has 1 aromatic carbocycles. The Hall–Kier alpha value is -3.01. The van der Waals surface area contributed by atoms with E-state index in [9.17, 15) is 4.79 Å². The second-order valence-corrected chi connectivity index (χ2v) is 13.7. The number of aromatic nitrogens is 3. The number of fused-ring (bicyclic) bond motifs is 1. The largest absolute Gasteiger partial charge is 0.424 e. The van der Waals surface area contributed by atoms with Crippen LogP contribution in [-0.4, -0.2) is 88.1 Å². The predicted octanol–water partition coefficient (Wildman–Crippen LogP) is 5.57. The number of aromatic amines is 1. The number of amides is 1. The first-order valence-corrected chi connectivity index (χ1v) is 16.3. The maximum atomic E-state index is 12.7. The van der Waals surface area contributed by atoms with E-state index in [0.29, 0.717) is 24.2 Å². The van der Waals surface area contributed by atoms with Crippen molar-refractivity contribution in [2.45, 2.75) is 65.7 Å². The Kier molecular flexibility index (Phi) is 8.26. The highest BCUT2D eigenvalue weighted by Crippen LogP contribution is 2.42. The standard InChI is InChI=1S/C33H44N6O2S/c1-6-28-35-36-32(41-28)33(4,5)27-20-26-25(30(34-31(26)42-27)24-18-22(2)17-23(3)19-24)9-12-37-13-15-38(16-14-37)21-29(40)39-10-7-8-11-39/h17-20,34H,6-16,21H2,1-5H3. The maximum Gasteiger partial charge on any atom is 0.236 e. The summed E-state index contributed by atoms with van der Waals surface area (Å²) >= 11 is 1.79. The van der Waals surface area contributed by atoms with Crippen molar-refractivity contribution in [1.29, 1.82) is 0 Å². The zero-order valence-electron chi connectivity index (χ0n) is 25.8. The van der Waals surface area contributed by atoms with Gasteiger partial charge in [-0.05, 0) is 76.3 Å². The summed E-state index contributed by atoms with van der Waals surface area (Å²) in [6.07, 6.45) is 4.00. The van der Waals surface area contributed by atoms with Crippen molar-refractivity contribution >= 4 is 27.5 Å². The molecule has 5 heterocycles. The molecule has 2 saturated heterocycles. The van der Waals surface area contributed by atoms with Crippen LogP contribution in [0.15, 0.2) is 28.7 Å². The Morgan fingerprint density at radius 3 is 2.33 bits per heavy atom. The molecular formula is C33H44N6O2S. The molecule has 0 aliphatic carbocycles. The average molecular weight is 589 g/mol. The van der Waals surface area contributed by atoms with E-state index in [1.165, 1.54) is 43.0 Å². The summed E-state index contributed by atoms with van der Waals surface area (Å²) in [6.45, 7) is 18.0. The van der Waals surface area contributed by atoms with Crippen LogP contribution >= 0.6 is 11.3 Å². The highest BCUT2D eigenvalue weighted by atomic mass is 32.1. The molecule has 0 spiro atoms. The van der Waals surface area contributed by atoms with Gasteiger partial charge in [-0.25, -0.2) is 0 Å². The highest BCUT2D eigenvalue weighted by molar-refractivity contribution is 7.18. The minimum atomic E-state index is -0.370. The number of rotatable bonds is 9. The second kappa shape index (κ2) is 11.9. The van der Waals surface area contributed by atoms with Crippen molar-refractivity contribution in [3.8, 4) is 11.3 Å². The van der Waals surface area contributed by atoms with Crippen LogP contribution < -0.4 is 0 Å². The molecule has 2 aliphatic rings. The molecule has 224 valence electrons. The number of thiophene rings is 1. The van der Waals surface area contributed by atoms with Gasteiger partial charge in [-0.1, -0.05) is 24.1 Å². The number of likely N-dealkylation sites (tertiary alicyclic amines) is 1. The minimum Gasteiger partial charge on any atom is -0.424 e. The van der Waals surface area contributed by atoms with Crippen molar-refractivity contribution in [2.24, 2.45) is 0 Å². The third-order valence-electron chi connectivity index (χ3n) is 8.99. The molecule has 0 bridgehead atoms. The summed E-state index contributed by atoms with van der Waals surface area (Å²) in [5.74, 6) is 1.65. The van der Waals surface area contributed by atoms with E-state index in [2.05, 4.69) is 76.9 Å². The van der Waals surface area contributed by atoms with Crippen LogP contribution in [0.25, 0.3) is 21.5 Å². The van der Waals surface area contributed by atoms with Crippen LogP contribution in [0.5, 0.6) is 0 Å². The van der Waals surface area contributed by atoms with E-state index >= 15 is 0 Å². The van der Waals surface area contributed by atoms with Gasteiger partial charge in [0.1, 0.15) is 4.83 Å². The first-order valence-electron chi connectivity index (χ1n) is 15.5. The van der Waals surface area contributed by atoms with E-state index in [-0.39, 0.29) is 5.41 Å². The fourth-order valence-electron chi connectivity index (χ4n) is 6.42.